The molecular formula is C12H13N3O2. The highest BCUT2D eigenvalue weighted by Crippen LogP contribution is 2.21. The van der Waals surface area contributed by atoms with Crippen LogP contribution in [0.3, 0.4) is 0 Å². The number of urea groups is 1. The largest absolute Gasteiger partial charge is 0.441 e. The molecule has 3 rings (SSSR count). The van der Waals surface area contributed by atoms with Crippen molar-refractivity contribution in [1.29, 1.82) is 0 Å². The van der Waals surface area contributed by atoms with Crippen molar-refractivity contribution in [2.75, 3.05) is 5.32 Å². The number of aromatic nitrogens is 1. The molecule has 1 aliphatic carbocycles. The Morgan fingerprint density at radius 3 is 3.06 bits per heavy atom. The van der Waals surface area contributed by atoms with Crippen molar-refractivity contribution in [2.45, 2.75) is 25.8 Å². The van der Waals surface area contributed by atoms with Gasteiger partial charge in [0.25, 0.3) is 0 Å². The first kappa shape index (κ1) is 10.1. The van der Waals surface area contributed by atoms with E-state index in [0.29, 0.717) is 11.9 Å². The van der Waals surface area contributed by atoms with E-state index in [1.807, 2.05) is 6.07 Å². The highest BCUT2D eigenvalue weighted by atomic mass is 16.3. The van der Waals surface area contributed by atoms with Crippen LogP contribution in [0, 0.1) is 6.92 Å². The van der Waals surface area contributed by atoms with E-state index < -0.39 is 0 Å². The van der Waals surface area contributed by atoms with Gasteiger partial charge in [-0.15, -0.1) is 0 Å². The predicted octanol–water partition coefficient (Wildman–Crippen LogP) is 2.42. The molecule has 0 radical (unpaired) electrons. The van der Waals surface area contributed by atoms with Crippen LogP contribution in [-0.2, 0) is 0 Å². The average molecular weight is 231 g/mol. The summed E-state index contributed by atoms with van der Waals surface area (Å²) in [6.45, 7) is 1.80. The fraction of sp³-hybridized carbons (Fsp3) is 0.333. The first-order valence-corrected chi connectivity index (χ1v) is 5.65. The molecule has 1 aromatic carbocycles. The molecule has 1 aromatic heterocycles. The molecule has 0 unspecified atom stereocenters. The molecule has 1 heterocycles. The van der Waals surface area contributed by atoms with E-state index in [2.05, 4.69) is 15.6 Å². The Bertz CT molecular complexity index is 572. The molecule has 2 N–H and O–H groups in total. The van der Waals surface area contributed by atoms with Gasteiger partial charge in [-0.05, 0) is 31.0 Å². The predicted molar refractivity (Wildman–Crippen MR) is 63.9 cm³/mol. The average Bonchev–Trinajstić information content (AvgIpc) is 2.98. The summed E-state index contributed by atoms with van der Waals surface area (Å²) in [5, 5.41) is 5.64. The number of rotatable bonds is 2. The molecule has 88 valence electrons. The first-order chi connectivity index (χ1) is 8.20. The summed E-state index contributed by atoms with van der Waals surface area (Å²) in [7, 11) is 0. The zero-order chi connectivity index (χ0) is 11.8. The van der Waals surface area contributed by atoms with E-state index in [1.54, 1.807) is 19.1 Å². The number of carbonyl (C=O) groups excluding carboxylic acids is 1. The SMILES string of the molecule is Cc1nc2cc(NC(=O)NC3CC3)ccc2o1. The number of carbonyl (C=O) groups is 1. The molecule has 0 bridgehead atoms. The van der Waals surface area contributed by atoms with Crippen molar-refractivity contribution in [2.24, 2.45) is 0 Å². The summed E-state index contributed by atoms with van der Waals surface area (Å²) in [6.07, 6.45) is 2.16. The maximum absolute atomic E-state index is 11.5. The van der Waals surface area contributed by atoms with Gasteiger partial charge in [0.1, 0.15) is 5.52 Å². The van der Waals surface area contributed by atoms with Gasteiger partial charge in [-0.1, -0.05) is 0 Å². The molecule has 0 atom stereocenters. The second-order valence-corrected chi connectivity index (χ2v) is 4.29. The third-order valence-electron chi connectivity index (χ3n) is 2.66. The highest BCUT2D eigenvalue weighted by molar-refractivity contribution is 5.91. The van der Waals surface area contributed by atoms with Crippen molar-refractivity contribution < 1.29 is 9.21 Å². The Hall–Kier alpha value is -2.04. The van der Waals surface area contributed by atoms with Crippen molar-refractivity contribution in [1.82, 2.24) is 10.3 Å². The van der Waals surface area contributed by atoms with Crippen molar-refractivity contribution in [3.8, 4) is 0 Å². The van der Waals surface area contributed by atoms with E-state index >= 15 is 0 Å². The number of amides is 2. The highest BCUT2D eigenvalue weighted by Gasteiger charge is 2.23. The van der Waals surface area contributed by atoms with Crippen LogP contribution >= 0.6 is 0 Å². The minimum absolute atomic E-state index is 0.160. The van der Waals surface area contributed by atoms with E-state index in [4.69, 9.17) is 4.42 Å². The molecule has 17 heavy (non-hydrogen) atoms. The van der Waals surface area contributed by atoms with Gasteiger partial charge in [0, 0.05) is 18.7 Å². The zero-order valence-electron chi connectivity index (χ0n) is 9.49. The fourth-order valence-corrected chi connectivity index (χ4v) is 1.70. The lowest BCUT2D eigenvalue weighted by Gasteiger charge is -2.05. The van der Waals surface area contributed by atoms with E-state index in [1.165, 1.54) is 0 Å². The summed E-state index contributed by atoms with van der Waals surface area (Å²) in [4.78, 5) is 15.8. The molecule has 1 fully saturated rings. The van der Waals surface area contributed by atoms with Crippen LogP contribution in [0.1, 0.15) is 18.7 Å². The zero-order valence-corrected chi connectivity index (χ0v) is 9.49. The van der Waals surface area contributed by atoms with Crippen molar-refractivity contribution >= 4 is 22.8 Å². The topological polar surface area (TPSA) is 67.2 Å². The molecule has 1 saturated carbocycles. The van der Waals surface area contributed by atoms with Crippen LogP contribution in [0.2, 0.25) is 0 Å². The van der Waals surface area contributed by atoms with Crippen LogP contribution in [-0.4, -0.2) is 17.1 Å². The number of fused-ring (bicyclic) bond motifs is 1. The van der Waals surface area contributed by atoms with Crippen molar-refractivity contribution in [3.05, 3.63) is 24.1 Å². The van der Waals surface area contributed by atoms with Gasteiger partial charge in [0.05, 0.1) is 0 Å². The second-order valence-electron chi connectivity index (χ2n) is 4.29. The summed E-state index contributed by atoms with van der Waals surface area (Å²) in [5.74, 6) is 0.625. The molecule has 2 aromatic rings. The number of benzene rings is 1. The lowest BCUT2D eigenvalue weighted by Crippen LogP contribution is -2.30. The summed E-state index contributed by atoms with van der Waals surface area (Å²) >= 11 is 0. The van der Waals surface area contributed by atoms with Gasteiger partial charge in [-0.25, -0.2) is 9.78 Å². The third-order valence-corrected chi connectivity index (χ3v) is 2.66. The number of nitrogens with zero attached hydrogens (tertiary/aromatic N) is 1. The summed E-state index contributed by atoms with van der Waals surface area (Å²) in [5.41, 5.74) is 2.21. The monoisotopic (exact) mass is 231 g/mol. The molecular weight excluding hydrogens is 218 g/mol. The van der Waals surface area contributed by atoms with E-state index in [9.17, 15) is 4.79 Å². The second kappa shape index (κ2) is 3.76. The van der Waals surface area contributed by atoms with Crippen LogP contribution in [0.15, 0.2) is 22.6 Å². The molecule has 5 nitrogen and oxygen atoms in total. The van der Waals surface area contributed by atoms with Gasteiger partial charge in [0.15, 0.2) is 11.5 Å². The Labute approximate surface area is 98.2 Å². The smallest absolute Gasteiger partial charge is 0.319 e. The Morgan fingerprint density at radius 2 is 2.29 bits per heavy atom. The minimum Gasteiger partial charge on any atom is -0.441 e. The Kier molecular flexibility index (Phi) is 2.24. The molecule has 5 heteroatoms. The standard InChI is InChI=1S/C12H13N3O2/c1-7-13-10-6-9(4-5-11(10)17-7)15-12(16)14-8-2-3-8/h4-6,8H,2-3H2,1H3,(H2,14,15,16). The Balaban J connectivity index is 1.77. The lowest BCUT2D eigenvalue weighted by atomic mass is 10.3. The maximum atomic E-state index is 11.5. The summed E-state index contributed by atoms with van der Waals surface area (Å²) in [6, 6.07) is 5.61. The maximum Gasteiger partial charge on any atom is 0.319 e. The quantitative estimate of drug-likeness (QED) is 0.834. The summed E-state index contributed by atoms with van der Waals surface area (Å²) < 4.78 is 5.36. The van der Waals surface area contributed by atoms with Crippen LogP contribution in [0.4, 0.5) is 10.5 Å². The molecule has 0 saturated heterocycles. The van der Waals surface area contributed by atoms with Crippen LogP contribution in [0.5, 0.6) is 0 Å². The lowest BCUT2D eigenvalue weighted by molar-refractivity contribution is 0.251. The normalized spacial score (nSPS) is 14.9. The third kappa shape index (κ3) is 2.22. The number of anilines is 1. The van der Waals surface area contributed by atoms with E-state index in [-0.39, 0.29) is 6.03 Å². The van der Waals surface area contributed by atoms with Gasteiger partial charge in [0.2, 0.25) is 0 Å². The molecule has 0 spiro atoms. The number of hydrogen-bond donors (Lipinski definition) is 2. The van der Waals surface area contributed by atoms with Gasteiger partial charge < -0.3 is 15.1 Å². The molecule has 2 amide bonds. The number of nitrogens with one attached hydrogen (secondary N) is 2. The van der Waals surface area contributed by atoms with Crippen LogP contribution in [0.25, 0.3) is 11.1 Å². The number of oxazole rings is 1. The van der Waals surface area contributed by atoms with Gasteiger partial charge >= 0.3 is 6.03 Å². The van der Waals surface area contributed by atoms with E-state index in [0.717, 1.165) is 29.6 Å². The molecule has 1 aliphatic rings. The first-order valence-electron chi connectivity index (χ1n) is 5.65. The molecule has 0 aliphatic heterocycles. The van der Waals surface area contributed by atoms with Gasteiger partial charge in [-0.2, -0.15) is 0 Å². The van der Waals surface area contributed by atoms with Crippen molar-refractivity contribution in [3.63, 3.8) is 0 Å². The number of hydrogen-bond acceptors (Lipinski definition) is 3. The van der Waals surface area contributed by atoms with Gasteiger partial charge in [-0.3, -0.25) is 0 Å². The van der Waals surface area contributed by atoms with Crippen LogP contribution < -0.4 is 10.6 Å². The Morgan fingerprint density at radius 1 is 1.47 bits per heavy atom. The minimum atomic E-state index is -0.160. The number of aryl methyl sites for hydroxylation is 1. The fourth-order valence-electron chi connectivity index (χ4n) is 1.70.